The first kappa shape index (κ1) is 24.7. The summed E-state index contributed by atoms with van der Waals surface area (Å²) in [4.78, 5) is 57.6. The summed E-state index contributed by atoms with van der Waals surface area (Å²) < 4.78 is 0. The van der Waals surface area contributed by atoms with Crippen molar-refractivity contribution in [1.29, 1.82) is 0 Å². The summed E-state index contributed by atoms with van der Waals surface area (Å²) in [5.74, 6) is -4.26. The zero-order valence-electron chi connectivity index (χ0n) is 15.2. The number of rotatable bonds is 12. The number of carbonyl (C=O) groups is 5. The molecule has 12 heteroatoms. The van der Waals surface area contributed by atoms with Gasteiger partial charge < -0.3 is 32.5 Å². The number of carboxylic acid groups (broad SMARTS) is 1. The van der Waals surface area contributed by atoms with Gasteiger partial charge in [-0.15, -0.1) is 0 Å². The Morgan fingerprint density at radius 1 is 1.07 bits per heavy atom. The highest BCUT2D eigenvalue weighted by atomic mass is 32.1. The molecule has 4 amide bonds. The van der Waals surface area contributed by atoms with Gasteiger partial charge in [0, 0.05) is 12.2 Å². The number of carboxylic acids is 1. The van der Waals surface area contributed by atoms with Crippen molar-refractivity contribution in [3.8, 4) is 0 Å². The van der Waals surface area contributed by atoms with Crippen molar-refractivity contribution >= 4 is 42.2 Å². The average Bonchev–Trinajstić information content (AvgIpc) is 2.58. The highest BCUT2D eigenvalue weighted by Crippen LogP contribution is 2.03. The van der Waals surface area contributed by atoms with Crippen LogP contribution in [0.25, 0.3) is 0 Å². The number of hydrogen-bond donors (Lipinski definition) is 7. The molecule has 0 aromatic carbocycles. The Morgan fingerprint density at radius 3 is 2.11 bits per heavy atom. The van der Waals surface area contributed by atoms with Crippen LogP contribution < -0.4 is 27.4 Å². The molecule has 0 aliphatic carbocycles. The van der Waals surface area contributed by atoms with Crippen LogP contribution in [0.1, 0.15) is 26.7 Å². The molecule has 3 unspecified atom stereocenters. The van der Waals surface area contributed by atoms with Crippen LogP contribution in [0.5, 0.6) is 0 Å². The van der Waals surface area contributed by atoms with E-state index in [-0.39, 0.29) is 24.5 Å². The molecule has 0 radical (unpaired) electrons. The molecule has 0 fully saturated rings. The Hall–Kier alpha value is -2.34. The smallest absolute Gasteiger partial charge is 0.327 e. The number of nitrogens with one attached hydrogen (secondary N) is 3. The number of nitrogens with two attached hydrogens (primary N) is 2. The molecular weight excluding hydrogens is 378 g/mol. The van der Waals surface area contributed by atoms with Crippen LogP contribution in [-0.4, -0.2) is 65.1 Å². The van der Waals surface area contributed by atoms with Crippen molar-refractivity contribution < 1.29 is 29.1 Å². The second kappa shape index (κ2) is 12.1. The molecule has 0 saturated carbocycles. The first-order valence-electron chi connectivity index (χ1n) is 8.24. The molecule has 0 heterocycles. The normalized spacial score (nSPS) is 14.0. The molecule has 0 aliphatic rings. The number of amides is 4. The van der Waals surface area contributed by atoms with Crippen LogP contribution in [0.15, 0.2) is 0 Å². The van der Waals surface area contributed by atoms with Gasteiger partial charge in [-0.3, -0.25) is 19.2 Å². The summed E-state index contributed by atoms with van der Waals surface area (Å²) >= 11 is 3.85. The minimum absolute atomic E-state index is 0.0418. The Kier molecular flexibility index (Phi) is 11.1. The van der Waals surface area contributed by atoms with Crippen LogP contribution in [0.3, 0.4) is 0 Å². The van der Waals surface area contributed by atoms with Gasteiger partial charge in [-0.2, -0.15) is 12.6 Å². The van der Waals surface area contributed by atoms with Crippen molar-refractivity contribution in [2.24, 2.45) is 17.4 Å². The maximum absolute atomic E-state index is 12.2. The van der Waals surface area contributed by atoms with Crippen molar-refractivity contribution in [3.63, 3.8) is 0 Å². The van der Waals surface area contributed by atoms with E-state index in [1.54, 1.807) is 13.8 Å². The molecule has 0 aromatic heterocycles. The fourth-order valence-corrected chi connectivity index (χ4v) is 2.18. The number of primary amides is 1. The summed E-state index contributed by atoms with van der Waals surface area (Å²) in [6.07, 6.45) is -0.0214. The van der Waals surface area contributed by atoms with E-state index >= 15 is 0 Å². The molecular formula is C15H27N5O6S. The molecule has 154 valence electrons. The van der Waals surface area contributed by atoms with Crippen LogP contribution in [0.4, 0.5) is 0 Å². The summed E-state index contributed by atoms with van der Waals surface area (Å²) in [5.41, 5.74) is 10.5. The van der Waals surface area contributed by atoms with Gasteiger partial charge in [-0.25, -0.2) is 4.79 Å². The lowest BCUT2D eigenvalue weighted by Gasteiger charge is -2.23. The number of carbonyl (C=O) groups excluding carboxylic acids is 4. The molecule has 0 bridgehead atoms. The van der Waals surface area contributed by atoms with E-state index in [0.717, 1.165) is 0 Å². The van der Waals surface area contributed by atoms with E-state index in [1.165, 1.54) is 0 Å². The van der Waals surface area contributed by atoms with Gasteiger partial charge in [0.25, 0.3) is 0 Å². The molecule has 0 aliphatic heterocycles. The molecule has 8 N–H and O–H groups in total. The van der Waals surface area contributed by atoms with Gasteiger partial charge in [0.1, 0.15) is 12.1 Å². The molecule has 0 rings (SSSR count). The van der Waals surface area contributed by atoms with Gasteiger partial charge in [-0.1, -0.05) is 13.8 Å². The van der Waals surface area contributed by atoms with Crippen molar-refractivity contribution in [2.75, 3.05) is 12.3 Å². The van der Waals surface area contributed by atoms with Crippen LogP contribution >= 0.6 is 12.6 Å². The third-order valence-electron chi connectivity index (χ3n) is 3.52. The predicted molar refractivity (Wildman–Crippen MR) is 99.6 cm³/mol. The zero-order chi connectivity index (χ0) is 21.1. The lowest BCUT2D eigenvalue weighted by molar-refractivity contribution is -0.141. The molecule has 3 atom stereocenters. The number of aliphatic carboxylic acids is 1. The highest BCUT2D eigenvalue weighted by molar-refractivity contribution is 7.80. The Bertz CT molecular complexity index is 571. The van der Waals surface area contributed by atoms with E-state index in [4.69, 9.17) is 16.6 Å². The molecule has 27 heavy (non-hydrogen) atoms. The standard InChI is InChI=1S/C15H27N5O6S/c1-7(2)12(14(24)19-9(6-27)15(25)26)20-11(22)5-18-13(23)8(16)3-4-10(17)21/h7-9,12,27H,3-6,16H2,1-2H3,(H2,17,21)(H,18,23)(H,19,24)(H,20,22)(H,25,26). The third kappa shape index (κ3) is 9.80. The zero-order valence-corrected chi connectivity index (χ0v) is 16.1. The summed E-state index contributed by atoms with van der Waals surface area (Å²) in [5, 5.41) is 16.0. The predicted octanol–water partition coefficient (Wildman–Crippen LogP) is -2.66. The Morgan fingerprint density at radius 2 is 1.67 bits per heavy atom. The highest BCUT2D eigenvalue weighted by Gasteiger charge is 2.28. The quantitative estimate of drug-likeness (QED) is 0.172. The number of thiol groups is 1. The van der Waals surface area contributed by atoms with Crippen LogP contribution in [0.2, 0.25) is 0 Å². The van der Waals surface area contributed by atoms with Crippen molar-refractivity contribution in [3.05, 3.63) is 0 Å². The number of hydrogen-bond acceptors (Lipinski definition) is 7. The van der Waals surface area contributed by atoms with E-state index in [2.05, 4.69) is 28.6 Å². The van der Waals surface area contributed by atoms with Crippen LogP contribution in [-0.2, 0) is 24.0 Å². The van der Waals surface area contributed by atoms with Gasteiger partial charge in [0.15, 0.2) is 0 Å². The lowest BCUT2D eigenvalue weighted by atomic mass is 10.0. The first-order valence-corrected chi connectivity index (χ1v) is 8.87. The minimum Gasteiger partial charge on any atom is -0.480 e. The van der Waals surface area contributed by atoms with E-state index in [0.29, 0.717) is 0 Å². The van der Waals surface area contributed by atoms with E-state index < -0.39 is 54.3 Å². The summed E-state index contributed by atoms with van der Waals surface area (Å²) in [6.45, 7) is 2.90. The topological polar surface area (TPSA) is 194 Å². The molecule has 0 spiro atoms. The fraction of sp³-hybridized carbons (Fsp3) is 0.667. The average molecular weight is 405 g/mol. The molecule has 0 saturated heterocycles. The van der Waals surface area contributed by atoms with Crippen LogP contribution in [0, 0.1) is 5.92 Å². The summed E-state index contributed by atoms with van der Waals surface area (Å²) in [7, 11) is 0. The molecule has 0 aromatic rings. The maximum atomic E-state index is 12.2. The third-order valence-corrected chi connectivity index (χ3v) is 3.89. The van der Waals surface area contributed by atoms with E-state index in [9.17, 15) is 24.0 Å². The van der Waals surface area contributed by atoms with Crippen molar-refractivity contribution in [1.82, 2.24) is 16.0 Å². The van der Waals surface area contributed by atoms with Gasteiger partial charge in [0.05, 0.1) is 12.6 Å². The van der Waals surface area contributed by atoms with Gasteiger partial charge >= 0.3 is 5.97 Å². The van der Waals surface area contributed by atoms with E-state index in [1.807, 2.05) is 0 Å². The molecule has 11 nitrogen and oxygen atoms in total. The maximum Gasteiger partial charge on any atom is 0.327 e. The van der Waals surface area contributed by atoms with Crippen molar-refractivity contribution in [2.45, 2.75) is 44.8 Å². The van der Waals surface area contributed by atoms with Gasteiger partial charge in [0.2, 0.25) is 23.6 Å². The second-order valence-electron chi connectivity index (χ2n) is 6.20. The fourth-order valence-electron chi connectivity index (χ4n) is 1.93. The minimum atomic E-state index is -1.25. The van der Waals surface area contributed by atoms with Gasteiger partial charge in [-0.05, 0) is 12.3 Å². The first-order chi connectivity index (χ1) is 12.5. The second-order valence-corrected chi connectivity index (χ2v) is 6.57. The monoisotopic (exact) mass is 405 g/mol. The SMILES string of the molecule is CC(C)C(NC(=O)CNC(=O)C(N)CCC(N)=O)C(=O)NC(CS)C(=O)O. The Balaban J connectivity index is 4.63. The summed E-state index contributed by atoms with van der Waals surface area (Å²) in [6, 6.07) is -3.19. The lowest BCUT2D eigenvalue weighted by Crippen LogP contribution is -2.55. The Labute approximate surface area is 162 Å². The largest absolute Gasteiger partial charge is 0.480 e.